The highest BCUT2D eigenvalue weighted by atomic mass is 16.4. The number of allylic oxidation sites excluding steroid dienone is 1. The zero-order chi connectivity index (χ0) is 17.5. The average molecular weight is 332 g/mol. The molecule has 0 unspecified atom stereocenters. The topological polar surface area (TPSA) is 57.5 Å². The summed E-state index contributed by atoms with van der Waals surface area (Å²) in [6, 6.07) is 0. The van der Waals surface area contributed by atoms with Crippen molar-refractivity contribution >= 4 is 5.97 Å². The summed E-state index contributed by atoms with van der Waals surface area (Å²) in [5.41, 5.74) is 0.324. The molecule has 1 spiro atoms. The molecule has 0 aromatic heterocycles. The Morgan fingerprint density at radius 1 is 1.08 bits per heavy atom. The Hall–Kier alpha value is -0.990. The fourth-order valence-corrected chi connectivity index (χ4v) is 8.21. The van der Waals surface area contributed by atoms with Crippen molar-refractivity contribution in [2.75, 3.05) is 0 Å². The molecule has 6 atom stereocenters. The van der Waals surface area contributed by atoms with Crippen molar-refractivity contribution in [1.29, 1.82) is 0 Å². The first-order valence-electron chi connectivity index (χ1n) is 9.78. The molecule has 0 aliphatic heterocycles. The van der Waals surface area contributed by atoms with Crippen molar-refractivity contribution in [1.82, 2.24) is 0 Å². The van der Waals surface area contributed by atoms with Crippen LogP contribution in [0.3, 0.4) is 0 Å². The average Bonchev–Trinajstić information content (AvgIpc) is 2.66. The summed E-state index contributed by atoms with van der Waals surface area (Å²) >= 11 is 0. The minimum Gasteiger partial charge on any atom is -0.512 e. The van der Waals surface area contributed by atoms with Crippen LogP contribution in [-0.2, 0) is 4.79 Å². The van der Waals surface area contributed by atoms with Gasteiger partial charge in [-0.25, -0.2) is 4.79 Å². The number of fused-ring (bicyclic) bond motifs is 3. The van der Waals surface area contributed by atoms with E-state index >= 15 is 0 Å². The van der Waals surface area contributed by atoms with Gasteiger partial charge >= 0.3 is 5.97 Å². The lowest BCUT2D eigenvalue weighted by atomic mass is 9.41. The second-order valence-corrected chi connectivity index (χ2v) is 10.3. The highest BCUT2D eigenvalue weighted by molar-refractivity contribution is 5.89. The molecule has 0 saturated heterocycles. The molecule has 4 aliphatic rings. The predicted molar refractivity (Wildman–Crippen MR) is 93.6 cm³/mol. The number of aliphatic hydroxyl groups excluding tert-OH is 1. The van der Waals surface area contributed by atoms with E-state index in [9.17, 15) is 15.0 Å². The Morgan fingerprint density at radius 2 is 1.79 bits per heavy atom. The molecular formula is C21H32O3. The lowest BCUT2D eigenvalue weighted by molar-refractivity contribution is -0.144. The van der Waals surface area contributed by atoms with E-state index in [1.165, 1.54) is 32.1 Å². The van der Waals surface area contributed by atoms with Crippen LogP contribution in [0.15, 0.2) is 11.3 Å². The lowest BCUT2D eigenvalue weighted by Gasteiger charge is -2.63. The number of carbonyl (C=O) groups is 1. The summed E-state index contributed by atoms with van der Waals surface area (Å²) in [4.78, 5) is 11.8. The zero-order valence-electron chi connectivity index (χ0n) is 15.6. The van der Waals surface area contributed by atoms with Crippen LogP contribution in [0.2, 0.25) is 0 Å². The summed E-state index contributed by atoms with van der Waals surface area (Å²) < 4.78 is 0. The van der Waals surface area contributed by atoms with Gasteiger partial charge < -0.3 is 10.2 Å². The molecule has 4 aliphatic carbocycles. The molecule has 3 nitrogen and oxygen atoms in total. The van der Waals surface area contributed by atoms with Crippen molar-refractivity contribution in [2.24, 2.45) is 39.9 Å². The third kappa shape index (κ3) is 1.87. The van der Waals surface area contributed by atoms with Crippen molar-refractivity contribution < 1.29 is 15.0 Å². The molecule has 2 bridgehead atoms. The van der Waals surface area contributed by atoms with Crippen molar-refractivity contribution in [3.05, 3.63) is 11.3 Å². The summed E-state index contributed by atoms with van der Waals surface area (Å²) in [5, 5.41) is 20.4. The molecule has 2 N–H and O–H groups in total. The first-order chi connectivity index (χ1) is 11.1. The fourth-order valence-electron chi connectivity index (χ4n) is 8.21. The number of aliphatic carboxylic acids is 1. The first kappa shape index (κ1) is 16.5. The number of carboxylic acid groups (broad SMARTS) is 1. The van der Waals surface area contributed by atoms with E-state index in [-0.39, 0.29) is 16.7 Å². The molecule has 0 heterocycles. The van der Waals surface area contributed by atoms with Gasteiger partial charge in [0.2, 0.25) is 0 Å². The van der Waals surface area contributed by atoms with E-state index in [0.29, 0.717) is 23.7 Å². The SMILES string of the molecule is C[C@@H]1C[C@]23CC[C@H]4C(C)(C)C(C(=O)O)=C(O)C[C@]4(C)[C@H]2CC[C@@H]1C3. The van der Waals surface area contributed by atoms with Gasteiger partial charge in [0.1, 0.15) is 5.76 Å². The third-order valence-corrected chi connectivity index (χ3v) is 8.86. The Morgan fingerprint density at radius 3 is 2.46 bits per heavy atom. The van der Waals surface area contributed by atoms with Crippen molar-refractivity contribution in [2.45, 2.75) is 72.6 Å². The molecule has 3 fully saturated rings. The van der Waals surface area contributed by atoms with E-state index in [2.05, 4.69) is 27.7 Å². The van der Waals surface area contributed by atoms with Gasteiger partial charge in [-0.3, -0.25) is 0 Å². The molecule has 0 aromatic rings. The maximum Gasteiger partial charge on any atom is 0.335 e. The quantitative estimate of drug-likeness (QED) is 0.696. The molecule has 3 saturated carbocycles. The van der Waals surface area contributed by atoms with Crippen LogP contribution < -0.4 is 0 Å². The summed E-state index contributed by atoms with van der Waals surface area (Å²) in [7, 11) is 0. The van der Waals surface area contributed by atoms with Crippen molar-refractivity contribution in [3.8, 4) is 0 Å². The standard InChI is InChI=1S/C21H32O3/c1-12-9-21-8-7-15-19(2,3)17(18(23)24)14(22)11-20(15,4)16(21)6-5-13(12)10-21/h12-13,15-16,22H,5-11H2,1-4H3,(H,23,24)/t12-,13-,15+,16-,20+,21+/m1/s1. The minimum absolute atomic E-state index is 0.0415. The van der Waals surface area contributed by atoms with E-state index in [4.69, 9.17) is 0 Å². The van der Waals surface area contributed by atoms with Crippen LogP contribution in [0.1, 0.15) is 72.6 Å². The maximum absolute atomic E-state index is 11.8. The monoisotopic (exact) mass is 332 g/mol. The number of hydrogen-bond donors (Lipinski definition) is 2. The van der Waals surface area contributed by atoms with Crippen LogP contribution in [0, 0.1) is 39.9 Å². The predicted octanol–water partition coefficient (Wildman–Crippen LogP) is 5.17. The minimum atomic E-state index is -0.932. The van der Waals surface area contributed by atoms with Gasteiger partial charge in [0.25, 0.3) is 0 Å². The molecule has 0 radical (unpaired) electrons. The van der Waals surface area contributed by atoms with E-state index < -0.39 is 11.4 Å². The summed E-state index contributed by atoms with van der Waals surface area (Å²) in [6.45, 7) is 8.90. The zero-order valence-corrected chi connectivity index (χ0v) is 15.6. The van der Waals surface area contributed by atoms with E-state index in [1.807, 2.05) is 0 Å². The molecule has 0 amide bonds. The number of rotatable bonds is 1. The van der Waals surface area contributed by atoms with Gasteiger partial charge in [0.05, 0.1) is 5.57 Å². The maximum atomic E-state index is 11.8. The second-order valence-electron chi connectivity index (χ2n) is 10.3. The van der Waals surface area contributed by atoms with Gasteiger partial charge in [0, 0.05) is 11.8 Å². The van der Waals surface area contributed by atoms with Crippen LogP contribution >= 0.6 is 0 Å². The molecular weight excluding hydrogens is 300 g/mol. The Labute approximate surface area is 145 Å². The Balaban J connectivity index is 1.80. The smallest absolute Gasteiger partial charge is 0.335 e. The Bertz CT molecular complexity index is 615. The lowest BCUT2D eigenvalue weighted by Crippen LogP contribution is -2.57. The fraction of sp³-hybridized carbons (Fsp3) is 0.857. The first-order valence-corrected chi connectivity index (χ1v) is 9.78. The van der Waals surface area contributed by atoms with Crippen molar-refractivity contribution in [3.63, 3.8) is 0 Å². The third-order valence-electron chi connectivity index (χ3n) is 8.86. The molecule has 0 aromatic carbocycles. The van der Waals surface area contributed by atoms with Gasteiger partial charge in [-0.1, -0.05) is 27.7 Å². The van der Waals surface area contributed by atoms with E-state index in [0.717, 1.165) is 18.3 Å². The summed E-state index contributed by atoms with van der Waals surface area (Å²) in [6.07, 6.45) is 8.26. The Kier molecular flexibility index (Phi) is 3.29. The summed E-state index contributed by atoms with van der Waals surface area (Å²) in [5.74, 6) is 1.95. The van der Waals surface area contributed by atoms with E-state index in [1.54, 1.807) is 0 Å². The van der Waals surface area contributed by atoms with Crippen LogP contribution in [0.4, 0.5) is 0 Å². The molecule has 24 heavy (non-hydrogen) atoms. The number of hydrogen-bond acceptors (Lipinski definition) is 2. The number of aliphatic hydroxyl groups is 1. The molecule has 4 rings (SSSR count). The molecule has 3 heteroatoms. The number of carboxylic acids is 1. The van der Waals surface area contributed by atoms with Gasteiger partial charge in [0.15, 0.2) is 0 Å². The van der Waals surface area contributed by atoms with Crippen LogP contribution in [0.5, 0.6) is 0 Å². The normalized spacial score (nSPS) is 49.5. The van der Waals surface area contributed by atoms with Gasteiger partial charge in [-0.15, -0.1) is 0 Å². The highest BCUT2D eigenvalue weighted by Crippen LogP contribution is 2.72. The van der Waals surface area contributed by atoms with Gasteiger partial charge in [-0.2, -0.15) is 0 Å². The molecule has 134 valence electrons. The van der Waals surface area contributed by atoms with Crippen LogP contribution in [-0.4, -0.2) is 16.2 Å². The highest BCUT2D eigenvalue weighted by Gasteiger charge is 2.65. The second kappa shape index (κ2) is 4.80. The largest absolute Gasteiger partial charge is 0.512 e. The van der Waals surface area contributed by atoms with Gasteiger partial charge in [-0.05, 0) is 73.0 Å². The van der Waals surface area contributed by atoms with Crippen LogP contribution in [0.25, 0.3) is 0 Å².